The van der Waals surface area contributed by atoms with E-state index in [9.17, 15) is 9.59 Å². The average Bonchev–Trinajstić information content (AvgIpc) is 2.32. The van der Waals surface area contributed by atoms with Crippen LogP contribution in [0.25, 0.3) is 0 Å². The van der Waals surface area contributed by atoms with Crippen LogP contribution in [0.15, 0.2) is 23.3 Å². The Hall–Kier alpha value is -1.10. The van der Waals surface area contributed by atoms with E-state index >= 15 is 0 Å². The molecule has 1 aliphatic rings. The quantitative estimate of drug-likeness (QED) is 0.801. The Bertz CT molecular complexity index is 472. The Labute approximate surface area is 108 Å². The number of carbonyl (C=O) groups excluding carboxylic acids is 1. The van der Waals surface area contributed by atoms with Crippen LogP contribution in [0.3, 0.4) is 0 Å². The van der Waals surface area contributed by atoms with Crippen LogP contribution in [-0.2, 0) is 0 Å². The summed E-state index contributed by atoms with van der Waals surface area (Å²) in [7, 11) is 0. The first kappa shape index (κ1) is 12.4. The zero-order valence-electron chi connectivity index (χ0n) is 9.65. The number of alkyl halides is 1. The Morgan fingerprint density at radius 1 is 1.59 bits per heavy atom. The van der Waals surface area contributed by atoms with E-state index in [1.54, 1.807) is 4.90 Å². The maximum Gasteiger partial charge on any atom is 0.259 e. The lowest BCUT2D eigenvalue weighted by Crippen LogP contribution is -2.44. The van der Waals surface area contributed by atoms with E-state index in [-0.39, 0.29) is 16.9 Å². The summed E-state index contributed by atoms with van der Waals surface area (Å²) in [6, 6.07) is 1.38. The molecule has 2 atom stereocenters. The standard InChI is InChI=1S/C12H15BrN2O2/c1-8-3-5-15(7-10(8)13)12(17)9-6-14-4-2-11(9)16/h2,4,6,8,10H,3,5,7H2,1H3,(H,14,16). The SMILES string of the molecule is CC1CCN(C(=O)c2c[nH]ccc2=O)CC1Br. The number of aromatic nitrogens is 1. The van der Waals surface area contributed by atoms with Gasteiger partial charge in [-0.25, -0.2) is 0 Å². The van der Waals surface area contributed by atoms with Crippen LogP contribution in [-0.4, -0.2) is 33.7 Å². The minimum absolute atomic E-state index is 0.178. The number of halogens is 1. The highest BCUT2D eigenvalue weighted by Crippen LogP contribution is 2.23. The molecule has 1 fully saturated rings. The fraction of sp³-hybridized carbons (Fsp3) is 0.500. The molecule has 2 unspecified atom stereocenters. The average molecular weight is 299 g/mol. The number of piperidine rings is 1. The summed E-state index contributed by atoms with van der Waals surface area (Å²) in [5.41, 5.74) is 0.000229. The molecule has 1 aliphatic heterocycles. The van der Waals surface area contributed by atoms with Crippen LogP contribution < -0.4 is 5.43 Å². The number of nitrogens with one attached hydrogen (secondary N) is 1. The van der Waals surface area contributed by atoms with E-state index in [1.165, 1.54) is 18.5 Å². The number of aromatic amines is 1. The number of pyridine rings is 1. The Balaban J connectivity index is 2.17. The van der Waals surface area contributed by atoms with Gasteiger partial charge in [-0.15, -0.1) is 0 Å². The predicted octanol–water partition coefficient (Wildman–Crippen LogP) is 1.62. The fourth-order valence-corrected chi connectivity index (χ4v) is 2.57. The van der Waals surface area contributed by atoms with Gasteiger partial charge in [-0.1, -0.05) is 22.9 Å². The van der Waals surface area contributed by atoms with Crippen LogP contribution in [0.1, 0.15) is 23.7 Å². The molecule has 0 radical (unpaired) electrons. The highest BCUT2D eigenvalue weighted by Gasteiger charge is 2.28. The Morgan fingerprint density at radius 3 is 3.00 bits per heavy atom. The largest absolute Gasteiger partial charge is 0.367 e. The number of carbonyl (C=O) groups is 1. The van der Waals surface area contributed by atoms with Crippen molar-refractivity contribution in [2.45, 2.75) is 18.2 Å². The molecule has 1 amide bonds. The summed E-state index contributed by atoms with van der Waals surface area (Å²) in [4.78, 5) is 28.6. The number of H-pyrrole nitrogens is 1. The van der Waals surface area contributed by atoms with Gasteiger partial charge in [0.1, 0.15) is 5.56 Å². The van der Waals surface area contributed by atoms with Crippen molar-refractivity contribution in [3.8, 4) is 0 Å². The van der Waals surface area contributed by atoms with Gasteiger partial charge in [0, 0.05) is 36.4 Å². The Kier molecular flexibility index (Phi) is 3.66. The molecule has 1 N–H and O–H groups in total. The van der Waals surface area contributed by atoms with Crippen molar-refractivity contribution in [1.29, 1.82) is 0 Å². The number of rotatable bonds is 1. The summed E-state index contributed by atoms with van der Waals surface area (Å²) in [6.45, 7) is 3.54. The molecular formula is C12H15BrN2O2. The first-order valence-corrected chi connectivity index (χ1v) is 6.61. The molecule has 5 heteroatoms. The predicted molar refractivity (Wildman–Crippen MR) is 69.5 cm³/mol. The molecule has 1 aromatic rings. The minimum Gasteiger partial charge on any atom is -0.367 e. The molecule has 4 nitrogen and oxygen atoms in total. The molecule has 0 bridgehead atoms. The monoisotopic (exact) mass is 298 g/mol. The number of likely N-dealkylation sites (tertiary alicyclic amines) is 1. The van der Waals surface area contributed by atoms with E-state index < -0.39 is 0 Å². The third-order valence-electron chi connectivity index (χ3n) is 3.21. The lowest BCUT2D eigenvalue weighted by molar-refractivity contribution is 0.0704. The molecule has 92 valence electrons. The third kappa shape index (κ3) is 2.60. The first-order chi connectivity index (χ1) is 8.09. The second kappa shape index (κ2) is 5.04. The number of hydrogen-bond donors (Lipinski definition) is 1. The van der Waals surface area contributed by atoms with Gasteiger partial charge < -0.3 is 9.88 Å². The molecule has 2 heterocycles. The van der Waals surface area contributed by atoms with E-state index in [4.69, 9.17) is 0 Å². The highest BCUT2D eigenvalue weighted by molar-refractivity contribution is 9.09. The second-order valence-electron chi connectivity index (χ2n) is 4.46. The molecule has 0 saturated carbocycles. The van der Waals surface area contributed by atoms with Gasteiger partial charge in [-0.2, -0.15) is 0 Å². The molecule has 2 rings (SSSR count). The highest BCUT2D eigenvalue weighted by atomic mass is 79.9. The van der Waals surface area contributed by atoms with Gasteiger partial charge in [-0.05, 0) is 12.3 Å². The normalized spacial score (nSPS) is 24.7. The molecule has 0 aromatic carbocycles. The zero-order chi connectivity index (χ0) is 12.4. The molecule has 17 heavy (non-hydrogen) atoms. The molecule has 1 saturated heterocycles. The summed E-state index contributed by atoms with van der Waals surface area (Å²) < 4.78 is 0. The third-order valence-corrected chi connectivity index (χ3v) is 4.40. The van der Waals surface area contributed by atoms with Gasteiger partial charge in [0.05, 0.1) is 0 Å². The van der Waals surface area contributed by atoms with E-state index in [0.717, 1.165) is 13.0 Å². The lowest BCUT2D eigenvalue weighted by Gasteiger charge is -2.34. The molecule has 1 aromatic heterocycles. The lowest BCUT2D eigenvalue weighted by atomic mass is 9.98. The first-order valence-electron chi connectivity index (χ1n) is 5.70. The van der Waals surface area contributed by atoms with Crippen LogP contribution >= 0.6 is 15.9 Å². The van der Waals surface area contributed by atoms with Crippen molar-refractivity contribution in [2.75, 3.05) is 13.1 Å². The summed E-state index contributed by atoms with van der Waals surface area (Å²) in [5, 5.41) is 0. The van der Waals surface area contributed by atoms with Crippen molar-refractivity contribution in [2.24, 2.45) is 5.92 Å². The minimum atomic E-state index is -0.224. The van der Waals surface area contributed by atoms with Gasteiger partial charge in [0.25, 0.3) is 5.91 Å². The van der Waals surface area contributed by atoms with Crippen LogP contribution in [0.2, 0.25) is 0 Å². The van der Waals surface area contributed by atoms with Crippen molar-refractivity contribution in [3.05, 3.63) is 34.2 Å². The number of nitrogens with zero attached hydrogens (tertiary/aromatic N) is 1. The zero-order valence-corrected chi connectivity index (χ0v) is 11.2. The van der Waals surface area contributed by atoms with E-state index in [2.05, 4.69) is 27.8 Å². The van der Waals surface area contributed by atoms with Gasteiger partial charge in [0.2, 0.25) is 0 Å². The fourth-order valence-electron chi connectivity index (χ4n) is 1.96. The van der Waals surface area contributed by atoms with E-state index in [0.29, 0.717) is 17.3 Å². The van der Waals surface area contributed by atoms with Crippen molar-refractivity contribution < 1.29 is 4.79 Å². The maximum atomic E-state index is 12.2. The van der Waals surface area contributed by atoms with Crippen molar-refractivity contribution >= 4 is 21.8 Å². The van der Waals surface area contributed by atoms with Crippen LogP contribution in [0, 0.1) is 5.92 Å². The smallest absolute Gasteiger partial charge is 0.259 e. The summed E-state index contributed by atoms with van der Waals surface area (Å²) in [5.74, 6) is 0.385. The maximum absolute atomic E-state index is 12.2. The summed E-state index contributed by atoms with van der Waals surface area (Å²) in [6.07, 6.45) is 3.98. The van der Waals surface area contributed by atoms with Gasteiger partial charge >= 0.3 is 0 Å². The van der Waals surface area contributed by atoms with Gasteiger partial charge in [0.15, 0.2) is 5.43 Å². The van der Waals surface area contributed by atoms with Crippen LogP contribution in [0.4, 0.5) is 0 Å². The summed E-state index contributed by atoms with van der Waals surface area (Å²) >= 11 is 3.57. The van der Waals surface area contributed by atoms with E-state index in [1.807, 2.05) is 0 Å². The number of amides is 1. The molecule has 0 spiro atoms. The van der Waals surface area contributed by atoms with Gasteiger partial charge in [-0.3, -0.25) is 9.59 Å². The van der Waals surface area contributed by atoms with Crippen molar-refractivity contribution in [3.63, 3.8) is 0 Å². The Morgan fingerprint density at radius 2 is 2.35 bits per heavy atom. The van der Waals surface area contributed by atoms with Crippen molar-refractivity contribution in [1.82, 2.24) is 9.88 Å². The number of hydrogen-bond acceptors (Lipinski definition) is 2. The topological polar surface area (TPSA) is 53.2 Å². The van der Waals surface area contributed by atoms with Crippen LogP contribution in [0.5, 0.6) is 0 Å². The molecule has 0 aliphatic carbocycles. The second-order valence-corrected chi connectivity index (χ2v) is 5.63. The molecular weight excluding hydrogens is 284 g/mol.